The highest BCUT2D eigenvalue weighted by Crippen LogP contribution is 2.21. The first-order valence-corrected chi connectivity index (χ1v) is 15.5. The lowest BCUT2D eigenvalue weighted by atomic mass is 10.1. The fourth-order valence-electron chi connectivity index (χ4n) is 4.63. The third-order valence-electron chi connectivity index (χ3n) is 6.82. The molecular weight excluding hydrogens is 570 g/mol. The Morgan fingerprint density at radius 3 is 2.49 bits per heavy atom. The summed E-state index contributed by atoms with van der Waals surface area (Å²) in [4.78, 5) is 30.8. The predicted octanol–water partition coefficient (Wildman–Crippen LogP) is 2.53. The number of ether oxygens (including phenoxy) is 1. The van der Waals surface area contributed by atoms with Gasteiger partial charge in [0.05, 0.1) is 28.7 Å². The summed E-state index contributed by atoms with van der Waals surface area (Å²) >= 11 is 0. The minimum Gasteiger partial charge on any atom is -0.440 e. The Morgan fingerprint density at radius 1 is 1.00 bits per heavy atom. The van der Waals surface area contributed by atoms with Crippen LogP contribution in [0.1, 0.15) is 30.1 Å². The predicted molar refractivity (Wildman–Crippen MR) is 163 cm³/mol. The van der Waals surface area contributed by atoms with Crippen LogP contribution < -0.4 is 20.7 Å². The van der Waals surface area contributed by atoms with Crippen molar-refractivity contribution in [3.63, 3.8) is 0 Å². The maximum atomic E-state index is 13.5. The summed E-state index contributed by atoms with van der Waals surface area (Å²) < 4.78 is 35.0. The topological polar surface area (TPSA) is 167 Å². The van der Waals surface area contributed by atoms with E-state index in [1.165, 1.54) is 12.1 Å². The lowest BCUT2D eigenvalue weighted by Gasteiger charge is -2.24. The molecule has 1 aliphatic heterocycles. The van der Waals surface area contributed by atoms with E-state index in [1.807, 2.05) is 37.3 Å². The zero-order valence-corrected chi connectivity index (χ0v) is 24.4. The van der Waals surface area contributed by atoms with Gasteiger partial charge in [-0.1, -0.05) is 67.9 Å². The van der Waals surface area contributed by atoms with E-state index in [4.69, 9.17) is 4.74 Å². The largest absolute Gasteiger partial charge is 0.440 e. The summed E-state index contributed by atoms with van der Waals surface area (Å²) in [5, 5.41) is 16.3. The standard InChI is InChI=1S/C30H33N7O5S/c1-2-7-26(35-30-31-16-17-32-30)42-29(39)25(19-33-28(38)24-11-6-10-22-18-34-36-27(22)24)37-43(40,41)23-14-12-21(13-15-23)20-8-4-3-5-9-20/h3-6,8-15,18,25-26,37H,2,7,16-17,19H2,1H3,(H,33,38)(H,34,36)(H2,31,32,35). The molecule has 12 nitrogen and oxygen atoms in total. The molecule has 224 valence electrons. The van der Waals surface area contributed by atoms with Crippen LogP contribution in [0.4, 0.5) is 0 Å². The molecule has 2 heterocycles. The third-order valence-corrected chi connectivity index (χ3v) is 8.31. The van der Waals surface area contributed by atoms with Crippen molar-refractivity contribution in [3.05, 3.63) is 84.6 Å². The maximum Gasteiger partial charge on any atom is 0.327 e. The number of rotatable bonds is 12. The van der Waals surface area contributed by atoms with Gasteiger partial charge in [0.1, 0.15) is 6.04 Å². The number of carbonyl (C=O) groups excluding carboxylic acids is 2. The van der Waals surface area contributed by atoms with Gasteiger partial charge in [-0.3, -0.25) is 19.7 Å². The van der Waals surface area contributed by atoms with Crippen molar-refractivity contribution in [2.24, 2.45) is 4.99 Å². The number of para-hydroxylation sites is 1. The molecule has 1 aromatic heterocycles. The van der Waals surface area contributed by atoms with E-state index >= 15 is 0 Å². The molecule has 0 spiro atoms. The lowest BCUT2D eigenvalue weighted by Crippen LogP contribution is -2.52. The summed E-state index contributed by atoms with van der Waals surface area (Å²) in [7, 11) is -4.19. The molecule has 3 aromatic carbocycles. The molecule has 0 radical (unpaired) electrons. The van der Waals surface area contributed by atoms with E-state index in [9.17, 15) is 18.0 Å². The Balaban J connectivity index is 1.35. The van der Waals surface area contributed by atoms with Crippen LogP contribution in [0.3, 0.4) is 0 Å². The Bertz CT molecular complexity index is 1710. The monoisotopic (exact) mass is 603 g/mol. The molecule has 1 aliphatic rings. The van der Waals surface area contributed by atoms with Crippen molar-refractivity contribution in [3.8, 4) is 11.1 Å². The molecule has 2 unspecified atom stereocenters. The van der Waals surface area contributed by atoms with Gasteiger partial charge in [0.25, 0.3) is 5.91 Å². The number of aliphatic imine (C=N–C) groups is 1. The summed E-state index contributed by atoms with van der Waals surface area (Å²) in [5.41, 5.74) is 2.60. The number of aromatic amines is 1. The van der Waals surface area contributed by atoms with Crippen LogP contribution in [-0.4, -0.2) is 68.4 Å². The van der Waals surface area contributed by atoms with Crippen LogP contribution in [0.2, 0.25) is 0 Å². The molecule has 2 atom stereocenters. The van der Waals surface area contributed by atoms with E-state index in [0.717, 1.165) is 16.5 Å². The van der Waals surface area contributed by atoms with Gasteiger partial charge >= 0.3 is 5.97 Å². The second-order valence-corrected chi connectivity index (χ2v) is 11.6. The number of fused-ring (bicyclic) bond motifs is 1. The van der Waals surface area contributed by atoms with Gasteiger partial charge in [-0.05, 0) is 29.3 Å². The van der Waals surface area contributed by atoms with Gasteiger partial charge in [-0.2, -0.15) is 9.82 Å². The van der Waals surface area contributed by atoms with Gasteiger partial charge in [-0.25, -0.2) is 8.42 Å². The molecule has 4 aromatic rings. The molecule has 0 saturated heterocycles. The first-order chi connectivity index (χ1) is 20.8. The van der Waals surface area contributed by atoms with Crippen molar-refractivity contribution in [2.75, 3.05) is 19.6 Å². The quantitative estimate of drug-likeness (QED) is 0.122. The lowest BCUT2D eigenvalue weighted by molar-refractivity contribution is -0.152. The van der Waals surface area contributed by atoms with E-state index in [2.05, 4.69) is 35.9 Å². The van der Waals surface area contributed by atoms with Gasteiger partial charge < -0.3 is 20.7 Å². The number of hydrogen-bond donors (Lipinski definition) is 5. The number of amides is 1. The Labute approximate surface area is 249 Å². The number of aromatic nitrogens is 2. The number of nitrogens with one attached hydrogen (secondary N) is 5. The van der Waals surface area contributed by atoms with Crippen LogP contribution in [0.5, 0.6) is 0 Å². The Hall–Kier alpha value is -4.75. The summed E-state index contributed by atoms with van der Waals surface area (Å²) in [6.07, 6.45) is 1.98. The fourth-order valence-corrected chi connectivity index (χ4v) is 5.81. The molecule has 43 heavy (non-hydrogen) atoms. The van der Waals surface area contributed by atoms with Crippen LogP contribution >= 0.6 is 0 Å². The van der Waals surface area contributed by atoms with E-state index in [-0.39, 0.29) is 11.4 Å². The molecule has 0 saturated carbocycles. The Kier molecular flexibility index (Phi) is 9.32. The second kappa shape index (κ2) is 13.5. The second-order valence-electron chi connectivity index (χ2n) is 9.93. The smallest absolute Gasteiger partial charge is 0.327 e. The number of carbonyl (C=O) groups is 2. The highest BCUT2D eigenvalue weighted by Gasteiger charge is 2.30. The van der Waals surface area contributed by atoms with Crippen molar-refractivity contribution in [2.45, 2.75) is 36.9 Å². The number of H-pyrrole nitrogens is 1. The SMILES string of the molecule is CCCC(NC1=NCCN1)OC(=O)C(CNC(=O)c1cccc2cn[nH]c12)NS(=O)(=O)c1ccc(-c2ccccc2)cc1. The van der Waals surface area contributed by atoms with Crippen molar-refractivity contribution in [1.29, 1.82) is 0 Å². The minimum atomic E-state index is -4.19. The number of benzene rings is 3. The van der Waals surface area contributed by atoms with Crippen molar-refractivity contribution >= 4 is 38.8 Å². The molecule has 13 heteroatoms. The summed E-state index contributed by atoms with van der Waals surface area (Å²) in [5.74, 6) is -0.858. The summed E-state index contributed by atoms with van der Waals surface area (Å²) in [6.45, 7) is 2.83. The average molecular weight is 604 g/mol. The number of esters is 1. The molecule has 5 N–H and O–H groups in total. The van der Waals surface area contributed by atoms with E-state index < -0.39 is 34.2 Å². The van der Waals surface area contributed by atoms with Gasteiger partial charge in [0.15, 0.2) is 12.2 Å². The molecule has 0 bridgehead atoms. The number of nitrogens with zero attached hydrogens (tertiary/aromatic N) is 2. The van der Waals surface area contributed by atoms with Crippen LogP contribution in [-0.2, 0) is 19.6 Å². The molecule has 1 amide bonds. The number of sulfonamides is 1. The van der Waals surface area contributed by atoms with Crippen LogP contribution in [0.15, 0.2) is 88.9 Å². The zero-order chi connectivity index (χ0) is 30.2. The number of guanidine groups is 1. The van der Waals surface area contributed by atoms with E-state index in [1.54, 1.807) is 36.5 Å². The first-order valence-electron chi connectivity index (χ1n) is 14.0. The van der Waals surface area contributed by atoms with Gasteiger partial charge in [0, 0.05) is 24.9 Å². The number of hydrogen-bond acceptors (Lipinski definition) is 9. The highest BCUT2D eigenvalue weighted by atomic mass is 32.2. The minimum absolute atomic E-state index is 0.0359. The molecule has 5 rings (SSSR count). The Morgan fingerprint density at radius 2 is 1.77 bits per heavy atom. The van der Waals surface area contributed by atoms with Crippen LogP contribution in [0.25, 0.3) is 22.0 Å². The van der Waals surface area contributed by atoms with Crippen molar-refractivity contribution in [1.82, 2.24) is 30.9 Å². The normalized spacial score (nSPS) is 14.4. The zero-order valence-electron chi connectivity index (χ0n) is 23.5. The first kappa shape index (κ1) is 29.7. The maximum absolute atomic E-state index is 13.5. The summed E-state index contributed by atoms with van der Waals surface area (Å²) in [6, 6.07) is 19.6. The molecule has 0 aliphatic carbocycles. The molecular formula is C30H33N7O5S. The van der Waals surface area contributed by atoms with Crippen LogP contribution in [0, 0.1) is 0 Å². The highest BCUT2D eigenvalue weighted by molar-refractivity contribution is 7.89. The van der Waals surface area contributed by atoms with Gasteiger partial charge in [0.2, 0.25) is 10.0 Å². The van der Waals surface area contributed by atoms with E-state index in [0.29, 0.717) is 43.0 Å². The average Bonchev–Trinajstić information content (AvgIpc) is 3.72. The van der Waals surface area contributed by atoms with Gasteiger partial charge in [-0.15, -0.1) is 0 Å². The van der Waals surface area contributed by atoms with Crippen molar-refractivity contribution < 1.29 is 22.7 Å². The third kappa shape index (κ3) is 7.37. The fraction of sp³-hybridized carbons (Fsp3) is 0.267. The molecule has 0 fully saturated rings.